The first-order chi connectivity index (χ1) is 7.76. The van der Waals surface area contributed by atoms with Gasteiger partial charge in [-0.2, -0.15) is 0 Å². The summed E-state index contributed by atoms with van der Waals surface area (Å²) in [6.07, 6.45) is 1.48. The maximum absolute atomic E-state index is 11.8. The second-order valence-electron chi connectivity index (χ2n) is 4.41. The van der Waals surface area contributed by atoms with Crippen LogP contribution in [0.3, 0.4) is 0 Å². The molecular weight excluding hydrogens is 242 g/mol. The molecular formula is C10H13N3O3S. The second-order valence-corrected chi connectivity index (χ2v) is 6.82. The van der Waals surface area contributed by atoms with Gasteiger partial charge in [0, 0.05) is 11.9 Å². The number of hydrogen-bond donors (Lipinski definition) is 1. The minimum absolute atomic E-state index is 0.0599. The number of aromatic nitrogens is 1. The molecule has 1 aliphatic heterocycles. The molecule has 0 bridgehead atoms. The van der Waals surface area contributed by atoms with Gasteiger partial charge in [-0.1, -0.05) is 0 Å². The SMILES string of the molecule is CC1(C)C(=O)N(Cc2cc(N)ccn2)S1(=O)=O. The van der Waals surface area contributed by atoms with Crippen LogP contribution in [0.5, 0.6) is 0 Å². The Hall–Kier alpha value is -1.63. The molecule has 0 radical (unpaired) electrons. The number of nitrogens with zero attached hydrogens (tertiary/aromatic N) is 2. The van der Waals surface area contributed by atoms with Crippen LogP contribution in [0, 0.1) is 0 Å². The molecule has 1 saturated heterocycles. The molecule has 0 spiro atoms. The number of nitrogens with two attached hydrogens (primary N) is 1. The van der Waals surface area contributed by atoms with Crippen LogP contribution >= 0.6 is 0 Å². The van der Waals surface area contributed by atoms with E-state index in [9.17, 15) is 13.2 Å². The Morgan fingerprint density at radius 2 is 2.12 bits per heavy atom. The monoisotopic (exact) mass is 255 g/mol. The van der Waals surface area contributed by atoms with Crippen LogP contribution in [0.1, 0.15) is 19.5 Å². The summed E-state index contributed by atoms with van der Waals surface area (Å²) in [5.41, 5.74) is 6.50. The fourth-order valence-electron chi connectivity index (χ4n) is 1.64. The molecule has 1 fully saturated rings. The molecule has 92 valence electrons. The van der Waals surface area contributed by atoms with Gasteiger partial charge in [0.1, 0.15) is 0 Å². The van der Waals surface area contributed by atoms with Crippen molar-refractivity contribution in [3.63, 3.8) is 0 Å². The van der Waals surface area contributed by atoms with Crippen molar-refractivity contribution in [2.45, 2.75) is 25.1 Å². The van der Waals surface area contributed by atoms with E-state index < -0.39 is 20.7 Å². The van der Waals surface area contributed by atoms with Crippen molar-refractivity contribution in [1.29, 1.82) is 0 Å². The van der Waals surface area contributed by atoms with Gasteiger partial charge in [0.05, 0.1) is 12.2 Å². The van der Waals surface area contributed by atoms with Crippen LogP contribution < -0.4 is 5.73 Å². The number of rotatable bonds is 2. The maximum Gasteiger partial charge on any atom is 0.259 e. The van der Waals surface area contributed by atoms with Crippen molar-refractivity contribution in [3.8, 4) is 0 Å². The number of hydrogen-bond acceptors (Lipinski definition) is 5. The van der Waals surface area contributed by atoms with Crippen molar-refractivity contribution in [2.75, 3.05) is 5.73 Å². The van der Waals surface area contributed by atoms with Gasteiger partial charge in [0.25, 0.3) is 15.9 Å². The standard InChI is InChI=1S/C10H13N3O3S/c1-10(2)9(14)13(17(10,15)16)6-8-5-7(11)3-4-12-8/h3-5H,6H2,1-2H3,(H2,11,12). The summed E-state index contributed by atoms with van der Waals surface area (Å²) in [7, 11) is -3.56. The predicted octanol–water partition coefficient (Wildman–Crippen LogP) is 0.114. The van der Waals surface area contributed by atoms with Crippen molar-refractivity contribution >= 4 is 21.6 Å². The van der Waals surface area contributed by atoms with Crippen LogP contribution in [0.25, 0.3) is 0 Å². The number of nitrogen functional groups attached to an aromatic ring is 1. The van der Waals surface area contributed by atoms with E-state index in [2.05, 4.69) is 4.98 Å². The zero-order valence-corrected chi connectivity index (χ0v) is 10.4. The normalized spacial score (nSPS) is 21.1. The molecule has 1 aromatic rings. The van der Waals surface area contributed by atoms with E-state index in [1.807, 2.05) is 0 Å². The summed E-state index contributed by atoms with van der Waals surface area (Å²) in [5.74, 6) is -0.415. The lowest BCUT2D eigenvalue weighted by atomic mass is 10.2. The molecule has 1 aliphatic rings. The highest BCUT2D eigenvalue weighted by Crippen LogP contribution is 2.35. The average Bonchev–Trinajstić information content (AvgIpc) is 2.24. The highest BCUT2D eigenvalue weighted by molar-refractivity contribution is 7.94. The van der Waals surface area contributed by atoms with Gasteiger partial charge in [-0.05, 0) is 26.0 Å². The summed E-state index contributed by atoms with van der Waals surface area (Å²) in [6, 6.07) is 3.15. The number of carbonyl (C=O) groups excluding carboxylic acids is 1. The predicted molar refractivity (Wildman–Crippen MR) is 62.2 cm³/mol. The summed E-state index contributed by atoms with van der Waals surface area (Å²) in [4.78, 5) is 15.6. The lowest BCUT2D eigenvalue weighted by Gasteiger charge is -2.42. The van der Waals surface area contributed by atoms with E-state index in [0.29, 0.717) is 11.4 Å². The van der Waals surface area contributed by atoms with Crippen LogP contribution in [0.15, 0.2) is 18.3 Å². The molecule has 0 saturated carbocycles. The van der Waals surface area contributed by atoms with E-state index in [1.165, 1.54) is 20.0 Å². The molecule has 2 N–H and O–H groups in total. The van der Waals surface area contributed by atoms with Crippen molar-refractivity contribution in [1.82, 2.24) is 9.29 Å². The van der Waals surface area contributed by atoms with Crippen molar-refractivity contribution < 1.29 is 13.2 Å². The molecule has 0 atom stereocenters. The minimum Gasteiger partial charge on any atom is -0.399 e. The Balaban J connectivity index is 2.26. The highest BCUT2D eigenvalue weighted by Gasteiger charge is 2.59. The molecule has 0 unspecified atom stereocenters. The van der Waals surface area contributed by atoms with E-state index in [-0.39, 0.29) is 6.54 Å². The maximum atomic E-state index is 11.8. The molecule has 2 rings (SSSR count). The number of amides is 1. The minimum atomic E-state index is -3.56. The zero-order valence-electron chi connectivity index (χ0n) is 9.54. The first kappa shape index (κ1) is 11.8. The Bertz CT molecular complexity index is 580. The van der Waals surface area contributed by atoms with Gasteiger partial charge in [-0.15, -0.1) is 0 Å². The second kappa shape index (κ2) is 3.43. The number of anilines is 1. The third-order valence-corrected chi connectivity index (χ3v) is 5.16. The van der Waals surface area contributed by atoms with Crippen molar-refractivity contribution in [3.05, 3.63) is 24.0 Å². The third-order valence-electron chi connectivity index (χ3n) is 2.82. The van der Waals surface area contributed by atoms with E-state index in [1.54, 1.807) is 12.1 Å². The van der Waals surface area contributed by atoms with Gasteiger partial charge < -0.3 is 5.73 Å². The Labute approximate surface area is 99.5 Å². The summed E-state index contributed by atoms with van der Waals surface area (Å²) >= 11 is 0. The summed E-state index contributed by atoms with van der Waals surface area (Å²) in [6.45, 7) is 2.73. The van der Waals surface area contributed by atoms with E-state index in [4.69, 9.17) is 5.73 Å². The lowest BCUT2D eigenvalue weighted by Crippen LogP contribution is -2.66. The topological polar surface area (TPSA) is 93.4 Å². The quantitative estimate of drug-likeness (QED) is 0.809. The first-order valence-corrected chi connectivity index (χ1v) is 6.48. The summed E-state index contributed by atoms with van der Waals surface area (Å²) in [5, 5.41) is 0. The fraction of sp³-hybridized carbons (Fsp3) is 0.400. The number of sulfonamides is 1. The first-order valence-electron chi connectivity index (χ1n) is 5.04. The third kappa shape index (κ3) is 1.57. The Kier molecular flexibility index (Phi) is 2.39. The van der Waals surface area contributed by atoms with Crippen LogP contribution in [0.2, 0.25) is 0 Å². The molecule has 2 heterocycles. The molecule has 17 heavy (non-hydrogen) atoms. The van der Waals surface area contributed by atoms with Crippen LogP contribution in [0.4, 0.5) is 5.69 Å². The van der Waals surface area contributed by atoms with Gasteiger partial charge >= 0.3 is 0 Å². The van der Waals surface area contributed by atoms with Crippen LogP contribution in [-0.4, -0.2) is 28.4 Å². The number of pyridine rings is 1. The van der Waals surface area contributed by atoms with Crippen LogP contribution in [-0.2, 0) is 21.4 Å². The molecule has 6 nitrogen and oxygen atoms in total. The molecule has 0 aromatic carbocycles. The largest absolute Gasteiger partial charge is 0.399 e. The summed E-state index contributed by atoms with van der Waals surface area (Å²) < 4.78 is 23.1. The Morgan fingerprint density at radius 1 is 1.47 bits per heavy atom. The van der Waals surface area contributed by atoms with Crippen molar-refractivity contribution in [2.24, 2.45) is 0 Å². The molecule has 7 heteroatoms. The zero-order chi connectivity index (χ0) is 12.8. The van der Waals surface area contributed by atoms with Gasteiger partial charge in [0.2, 0.25) is 0 Å². The molecule has 0 aliphatic carbocycles. The van der Waals surface area contributed by atoms with E-state index in [0.717, 1.165) is 4.31 Å². The highest BCUT2D eigenvalue weighted by atomic mass is 32.2. The smallest absolute Gasteiger partial charge is 0.259 e. The van der Waals surface area contributed by atoms with Gasteiger partial charge in [0.15, 0.2) is 4.75 Å². The lowest BCUT2D eigenvalue weighted by molar-refractivity contribution is -0.132. The molecule has 1 amide bonds. The van der Waals surface area contributed by atoms with Gasteiger partial charge in [-0.3, -0.25) is 9.78 Å². The average molecular weight is 255 g/mol. The number of carbonyl (C=O) groups is 1. The molecule has 1 aromatic heterocycles. The van der Waals surface area contributed by atoms with Gasteiger partial charge in [-0.25, -0.2) is 12.7 Å². The Morgan fingerprint density at radius 3 is 2.65 bits per heavy atom. The van der Waals surface area contributed by atoms with E-state index >= 15 is 0 Å². The fourth-order valence-corrected chi connectivity index (χ4v) is 3.14.